The molecule has 6 heteroatoms. The van der Waals surface area contributed by atoms with Crippen LogP contribution in [0.4, 0.5) is 0 Å². The molecule has 32 heavy (non-hydrogen) atoms. The SMILES string of the molecule is Cc1cc(C2OC[C@@H]3OC(c4cc(C)c(C)c(C)c4)O[C@H]([C@H](O)CO)[C@@H]3O2)cc(C)c1C. The van der Waals surface area contributed by atoms with Gasteiger partial charge in [-0.05, 0) is 74.9 Å². The van der Waals surface area contributed by atoms with Crippen molar-refractivity contribution in [2.24, 2.45) is 0 Å². The van der Waals surface area contributed by atoms with Gasteiger partial charge in [-0.1, -0.05) is 24.3 Å². The van der Waals surface area contributed by atoms with Gasteiger partial charge in [0.05, 0.1) is 13.2 Å². The molecule has 174 valence electrons. The number of fused-ring (bicyclic) bond motifs is 1. The summed E-state index contributed by atoms with van der Waals surface area (Å²) in [5.41, 5.74) is 8.91. The number of aliphatic hydroxyl groups is 2. The monoisotopic (exact) mass is 442 g/mol. The number of ether oxygens (including phenoxy) is 4. The highest BCUT2D eigenvalue weighted by Gasteiger charge is 2.48. The Morgan fingerprint density at radius 2 is 1.28 bits per heavy atom. The molecule has 0 bridgehead atoms. The fourth-order valence-electron chi connectivity index (χ4n) is 4.52. The maximum absolute atomic E-state index is 10.6. The van der Waals surface area contributed by atoms with Gasteiger partial charge in [-0.25, -0.2) is 0 Å². The molecule has 2 unspecified atom stereocenters. The number of rotatable bonds is 4. The van der Waals surface area contributed by atoms with Gasteiger partial charge in [-0.3, -0.25) is 0 Å². The van der Waals surface area contributed by atoms with Crippen LogP contribution in [-0.2, 0) is 18.9 Å². The zero-order valence-electron chi connectivity index (χ0n) is 19.7. The van der Waals surface area contributed by atoms with E-state index in [1.165, 1.54) is 22.3 Å². The van der Waals surface area contributed by atoms with Gasteiger partial charge in [-0.15, -0.1) is 0 Å². The third-order valence-corrected chi connectivity index (χ3v) is 6.97. The van der Waals surface area contributed by atoms with Crippen LogP contribution in [0.25, 0.3) is 0 Å². The summed E-state index contributed by atoms with van der Waals surface area (Å²) >= 11 is 0. The summed E-state index contributed by atoms with van der Waals surface area (Å²) in [4.78, 5) is 0. The highest BCUT2D eigenvalue weighted by atomic mass is 16.8. The van der Waals surface area contributed by atoms with Crippen LogP contribution in [0.5, 0.6) is 0 Å². The van der Waals surface area contributed by atoms with E-state index < -0.39 is 43.6 Å². The first kappa shape index (κ1) is 23.4. The van der Waals surface area contributed by atoms with Gasteiger partial charge in [0.25, 0.3) is 0 Å². The minimum Gasteiger partial charge on any atom is -0.394 e. The largest absolute Gasteiger partial charge is 0.394 e. The third-order valence-electron chi connectivity index (χ3n) is 6.97. The molecule has 4 rings (SSSR count). The van der Waals surface area contributed by atoms with Crippen molar-refractivity contribution in [2.45, 2.75) is 78.5 Å². The third kappa shape index (κ3) is 4.36. The van der Waals surface area contributed by atoms with Crippen molar-refractivity contribution >= 4 is 0 Å². The molecular formula is C26H34O6. The molecule has 0 spiro atoms. The standard InChI is InChI=1S/C26H34O6/c1-13-7-19(8-14(2)17(13)5)25-29-12-22-24(32-25)23(21(28)11-27)31-26(30-22)20-9-15(3)18(6)16(4)10-20/h7-10,21-28H,11-12H2,1-6H3/t21-,22+,23-,24-,25?,26?/m1/s1. The van der Waals surface area contributed by atoms with E-state index in [2.05, 4.69) is 53.7 Å². The average Bonchev–Trinajstić information content (AvgIpc) is 2.78. The van der Waals surface area contributed by atoms with Gasteiger partial charge in [0.15, 0.2) is 12.6 Å². The molecule has 0 radical (unpaired) electrons. The molecule has 0 aliphatic carbocycles. The van der Waals surface area contributed by atoms with Crippen LogP contribution >= 0.6 is 0 Å². The second kappa shape index (κ2) is 9.21. The Hall–Kier alpha value is -1.80. The highest BCUT2D eigenvalue weighted by Crippen LogP contribution is 2.40. The van der Waals surface area contributed by atoms with Gasteiger partial charge >= 0.3 is 0 Å². The lowest BCUT2D eigenvalue weighted by molar-refractivity contribution is -0.373. The van der Waals surface area contributed by atoms with E-state index >= 15 is 0 Å². The normalized spacial score (nSPS) is 28.9. The Morgan fingerprint density at radius 1 is 0.781 bits per heavy atom. The predicted molar refractivity (Wildman–Crippen MR) is 120 cm³/mol. The van der Waals surface area contributed by atoms with E-state index in [0.717, 1.165) is 22.3 Å². The summed E-state index contributed by atoms with van der Waals surface area (Å²) in [6.07, 6.45) is -4.10. The van der Waals surface area contributed by atoms with E-state index in [0.29, 0.717) is 6.61 Å². The summed E-state index contributed by atoms with van der Waals surface area (Å²) in [6, 6.07) is 8.22. The van der Waals surface area contributed by atoms with Crippen LogP contribution in [0.3, 0.4) is 0 Å². The smallest absolute Gasteiger partial charge is 0.184 e. The second-order valence-electron chi connectivity index (χ2n) is 9.18. The number of hydrogen-bond donors (Lipinski definition) is 2. The van der Waals surface area contributed by atoms with Crippen LogP contribution in [0.15, 0.2) is 24.3 Å². The molecular weight excluding hydrogens is 408 g/mol. The first-order chi connectivity index (χ1) is 15.2. The Morgan fingerprint density at radius 3 is 1.78 bits per heavy atom. The van der Waals surface area contributed by atoms with E-state index in [1.807, 2.05) is 12.1 Å². The van der Waals surface area contributed by atoms with Crippen molar-refractivity contribution in [2.75, 3.05) is 13.2 Å². The van der Waals surface area contributed by atoms with Crippen LogP contribution in [0.2, 0.25) is 0 Å². The van der Waals surface area contributed by atoms with Gasteiger partial charge in [0.2, 0.25) is 0 Å². The Labute approximate surface area is 190 Å². The second-order valence-corrected chi connectivity index (χ2v) is 9.18. The number of aryl methyl sites for hydroxylation is 4. The topological polar surface area (TPSA) is 77.4 Å². The van der Waals surface area contributed by atoms with E-state index in [9.17, 15) is 10.2 Å². The van der Waals surface area contributed by atoms with Crippen LogP contribution in [0, 0.1) is 41.5 Å². The van der Waals surface area contributed by atoms with E-state index in [4.69, 9.17) is 18.9 Å². The molecule has 2 N–H and O–H groups in total. The Kier molecular flexibility index (Phi) is 6.73. The van der Waals surface area contributed by atoms with Gasteiger partial charge in [0, 0.05) is 11.1 Å². The lowest BCUT2D eigenvalue weighted by Crippen LogP contribution is -2.58. The maximum atomic E-state index is 10.6. The summed E-state index contributed by atoms with van der Waals surface area (Å²) in [6.45, 7) is 12.3. The van der Waals surface area contributed by atoms with Crippen molar-refractivity contribution in [1.29, 1.82) is 0 Å². The Bertz CT molecular complexity index is 938. The van der Waals surface area contributed by atoms with Crippen molar-refractivity contribution < 1.29 is 29.2 Å². The summed E-state index contributed by atoms with van der Waals surface area (Å²) in [7, 11) is 0. The first-order valence-corrected chi connectivity index (χ1v) is 11.2. The molecule has 2 aromatic carbocycles. The van der Waals surface area contributed by atoms with E-state index in [1.54, 1.807) is 0 Å². The van der Waals surface area contributed by atoms with Crippen molar-refractivity contribution in [3.8, 4) is 0 Å². The lowest BCUT2D eigenvalue weighted by Gasteiger charge is -2.47. The molecule has 0 aromatic heterocycles. The molecule has 2 aliphatic heterocycles. The fourth-order valence-corrected chi connectivity index (χ4v) is 4.52. The van der Waals surface area contributed by atoms with E-state index in [-0.39, 0.29) is 0 Å². The first-order valence-electron chi connectivity index (χ1n) is 11.2. The van der Waals surface area contributed by atoms with Crippen molar-refractivity contribution in [3.63, 3.8) is 0 Å². The minimum absolute atomic E-state index is 0.305. The Balaban J connectivity index is 1.60. The fraction of sp³-hybridized carbons (Fsp3) is 0.538. The van der Waals surface area contributed by atoms with Gasteiger partial charge < -0.3 is 29.2 Å². The zero-order valence-corrected chi connectivity index (χ0v) is 19.7. The molecule has 2 fully saturated rings. The van der Waals surface area contributed by atoms with Crippen LogP contribution in [0.1, 0.15) is 57.1 Å². The van der Waals surface area contributed by atoms with Crippen LogP contribution < -0.4 is 0 Å². The highest BCUT2D eigenvalue weighted by molar-refractivity contribution is 5.38. The van der Waals surface area contributed by atoms with Gasteiger partial charge in [0.1, 0.15) is 24.4 Å². The van der Waals surface area contributed by atoms with Crippen molar-refractivity contribution in [1.82, 2.24) is 0 Å². The molecule has 0 amide bonds. The molecule has 0 saturated carbocycles. The molecule has 2 heterocycles. The summed E-state index contributed by atoms with van der Waals surface area (Å²) < 4.78 is 24.7. The minimum atomic E-state index is -1.10. The van der Waals surface area contributed by atoms with Crippen LogP contribution in [-0.4, -0.2) is 47.8 Å². The quantitative estimate of drug-likeness (QED) is 0.750. The van der Waals surface area contributed by atoms with Gasteiger partial charge in [-0.2, -0.15) is 0 Å². The number of aliphatic hydroxyl groups excluding tert-OH is 2. The molecule has 6 atom stereocenters. The lowest BCUT2D eigenvalue weighted by atomic mass is 9.97. The number of hydrogen-bond acceptors (Lipinski definition) is 6. The summed E-state index contributed by atoms with van der Waals surface area (Å²) in [5.74, 6) is 0. The summed E-state index contributed by atoms with van der Waals surface area (Å²) in [5, 5.41) is 20.3. The molecule has 2 saturated heterocycles. The number of benzene rings is 2. The molecule has 2 aromatic rings. The average molecular weight is 443 g/mol. The predicted octanol–water partition coefficient (Wildman–Crippen LogP) is 3.79. The maximum Gasteiger partial charge on any atom is 0.184 e. The van der Waals surface area contributed by atoms with Crippen molar-refractivity contribution in [3.05, 3.63) is 68.8 Å². The molecule has 2 aliphatic rings. The molecule has 6 nitrogen and oxygen atoms in total. The zero-order chi connectivity index (χ0) is 23.2.